The molecule has 2 saturated carbocycles. The molecule has 34 heavy (non-hydrogen) atoms. The number of carbonyl (C=O) groups excluding carboxylic acids is 1. The Morgan fingerprint density at radius 3 is 2.65 bits per heavy atom. The quantitative estimate of drug-likeness (QED) is 0.593. The number of morpholine rings is 1. The molecule has 8 nitrogen and oxygen atoms in total. The topological polar surface area (TPSA) is 106 Å². The summed E-state index contributed by atoms with van der Waals surface area (Å²) < 4.78 is 20.4. The second kappa shape index (κ2) is 9.11. The molecule has 1 saturated heterocycles. The maximum absolute atomic E-state index is 13.5. The van der Waals surface area contributed by atoms with Crippen molar-refractivity contribution in [2.24, 2.45) is 18.9 Å². The lowest BCUT2D eigenvalue weighted by Crippen LogP contribution is -2.46. The highest BCUT2D eigenvalue weighted by molar-refractivity contribution is 6.31. The average molecular weight is 492 g/mol. The van der Waals surface area contributed by atoms with Crippen LogP contribution < -0.4 is 11.1 Å². The number of hydrogen-bond acceptors (Lipinski definition) is 6. The smallest absolute Gasteiger partial charge is 0.261 e. The number of benzene rings is 1. The summed E-state index contributed by atoms with van der Waals surface area (Å²) in [5.74, 6) is 0.249. The summed E-state index contributed by atoms with van der Waals surface area (Å²) in [5.41, 5.74) is 7.02. The van der Waals surface area contributed by atoms with Gasteiger partial charge < -0.3 is 20.9 Å². The molecule has 0 spiro atoms. The minimum Gasteiger partial charge on any atom is -0.389 e. The van der Waals surface area contributed by atoms with E-state index in [2.05, 4.69) is 15.3 Å². The van der Waals surface area contributed by atoms with Gasteiger partial charge in [0.15, 0.2) is 0 Å². The third-order valence-electron chi connectivity index (χ3n) is 7.66. The van der Waals surface area contributed by atoms with E-state index in [1.807, 2.05) is 0 Å². The lowest BCUT2D eigenvalue weighted by atomic mass is 9.91. The van der Waals surface area contributed by atoms with Crippen LogP contribution in [0, 0.1) is 17.7 Å². The number of halogens is 2. The highest BCUT2D eigenvalue weighted by Gasteiger charge is 2.50. The van der Waals surface area contributed by atoms with E-state index in [0.29, 0.717) is 41.1 Å². The lowest BCUT2D eigenvalue weighted by Gasteiger charge is -2.34. The Balaban J connectivity index is 1.29. The molecule has 2 aliphatic carbocycles. The van der Waals surface area contributed by atoms with Crippen molar-refractivity contribution in [3.8, 4) is 0 Å². The second-order valence-electron chi connectivity index (χ2n) is 10.1. The zero-order chi connectivity index (χ0) is 24.0. The Kier molecular flexibility index (Phi) is 6.31. The Morgan fingerprint density at radius 2 is 2.00 bits per heavy atom. The Morgan fingerprint density at radius 1 is 1.32 bits per heavy atom. The molecule has 1 aromatic carbocycles. The first-order valence-corrected chi connectivity index (χ1v) is 12.2. The summed E-state index contributed by atoms with van der Waals surface area (Å²) in [4.78, 5) is 15.5. The zero-order valence-corrected chi connectivity index (χ0v) is 20.0. The largest absolute Gasteiger partial charge is 0.389 e. The van der Waals surface area contributed by atoms with Crippen LogP contribution in [-0.4, -0.2) is 64.1 Å². The standard InChI is InChI=1S/C24H31ClFN5O3/c1-30-22(27)20(23(32)28-17-2-3-19(26)18(25)10-17)21(29-30)14-8-15-11-24(33,12-16(15)9-14)13-31-4-6-34-7-5-31/h2-3,10,14-16,33H,4-9,11-13,27H2,1H3,(H,28,32). The number of nitrogens with two attached hydrogens (primary N) is 1. The van der Waals surface area contributed by atoms with Gasteiger partial charge in [-0.15, -0.1) is 0 Å². The maximum atomic E-state index is 13.5. The Bertz CT molecular complexity index is 1070. The zero-order valence-electron chi connectivity index (χ0n) is 19.3. The van der Waals surface area contributed by atoms with E-state index in [4.69, 9.17) is 22.1 Å². The molecule has 0 bridgehead atoms. The molecule has 10 heteroatoms. The first kappa shape index (κ1) is 23.5. The van der Waals surface area contributed by atoms with E-state index in [1.165, 1.54) is 22.9 Å². The number of carbonyl (C=O) groups is 1. The molecular weight excluding hydrogens is 461 g/mol. The first-order valence-electron chi connectivity index (χ1n) is 11.8. The van der Waals surface area contributed by atoms with Crippen LogP contribution in [0.25, 0.3) is 0 Å². The van der Waals surface area contributed by atoms with Crippen molar-refractivity contribution >= 4 is 29.0 Å². The summed E-state index contributed by atoms with van der Waals surface area (Å²) in [6.45, 7) is 3.87. The minimum absolute atomic E-state index is 0.0645. The van der Waals surface area contributed by atoms with Crippen molar-refractivity contribution in [2.45, 2.75) is 37.2 Å². The first-order chi connectivity index (χ1) is 16.2. The fraction of sp³-hybridized carbons (Fsp3) is 0.583. The number of hydrogen-bond donors (Lipinski definition) is 3. The number of aryl methyl sites for hydroxylation is 1. The summed E-state index contributed by atoms with van der Waals surface area (Å²) in [7, 11) is 1.72. The fourth-order valence-corrected chi connectivity index (χ4v) is 6.32. The van der Waals surface area contributed by atoms with Crippen LogP contribution >= 0.6 is 11.6 Å². The van der Waals surface area contributed by atoms with Gasteiger partial charge in [-0.25, -0.2) is 4.39 Å². The van der Waals surface area contributed by atoms with Crippen LogP contribution in [-0.2, 0) is 11.8 Å². The molecule has 2 aromatic rings. The van der Waals surface area contributed by atoms with Crippen molar-refractivity contribution in [3.05, 3.63) is 40.3 Å². The van der Waals surface area contributed by atoms with Gasteiger partial charge >= 0.3 is 0 Å². The molecule has 4 N–H and O–H groups in total. The molecule has 3 fully saturated rings. The normalized spacial score (nSPS) is 29.4. The highest BCUT2D eigenvalue weighted by Crippen LogP contribution is 2.54. The molecule has 5 rings (SSSR count). The number of ether oxygens (including phenoxy) is 1. The molecule has 2 unspecified atom stereocenters. The number of amides is 1. The molecule has 0 radical (unpaired) electrons. The van der Waals surface area contributed by atoms with Gasteiger partial charge in [0.2, 0.25) is 0 Å². The lowest BCUT2D eigenvalue weighted by molar-refractivity contribution is -0.0326. The summed E-state index contributed by atoms with van der Waals surface area (Å²) in [5, 5.41) is 18.6. The number of β-amino-alcohol motifs (C(OH)–C–C–N with tert-alkyl or cyclic N) is 1. The second-order valence-corrected chi connectivity index (χ2v) is 10.5. The number of nitrogen functional groups attached to an aromatic ring is 1. The molecule has 1 aliphatic heterocycles. The van der Waals surface area contributed by atoms with Crippen LogP contribution in [0.1, 0.15) is 47.7 Å². The predicted molar refractivity (Wildman–Crippen MR) is 127 cm³/mol. The Labute approximate surface area is 203 Å². The van der Waals surface area contributed by atoms with Gasteiger partial charge in [0.1, 0.15) is 17.2 Å². The molecule has 1 aromatic heterocycles. The van der Waals surface area contributed by atoms with Crippen LogP contribution in [0.15, 0.2) is 18.2 Å². The van der Waals surface area contributed by atoms with Gasteiger partial charge in [-0.3, -0.25) is 14.4 Å². The van der Waals surface area contributed by atoms with Gasteiger partial charge in [0.25, 0.3) is 5.91 Å². The van der Waals surface area contributed by atoms with E-state index < -0.39 is 11.4 Å². The van der Waals surface area contributed by atoms with Gasteiger partial charge in [0.05, 0.1) is 29.5 Å². The molecule has 184 valence electrons. The average Bonchev–Trinajstić information content (AvgIpc) is 3.40. The summed E-state index contributed by atoms with van der Waals surface area (Å²) in [6.07, 6.45) is 3.28. The Hall–Kier alpha value is -2.20. The number of aromatic nitrogens is 2. The number of aliphatic hydroxyl groups is 1. The SMILES string of the molecule is Cn1nc(C2CC3CC(O)(CN4CCOCC4)CC3C2)c(C(=O)Nc2ccc(F)c(Cl)c2)c1N. The number of fused-ring (bicyclic) bond motifs is 1. The van der Waals surface area contributed by atoms with Crippen molar-refractivity contribution in [2.75, 3.05) is 43.9 Å². The van der Waals surface area contributed by atoms with E-state index in [1.54, 1.807) is 7.05 Å². The van der Waals surface area contributed by atoms with Crippen LogP contribution in [0.3, 0.4) is 0 Å². The monoisotopic (exact) mass is 491 g/mol. The highest BCUT2D eigenvalue weighted by atomic mass is 35.5. The predicted octanol–water partition coefficient (Wildman–Crippen LogP) is 3.01. The summed E-state index contributed by atoms with van der Waals surface area (Å²) >= 11 is 5.86. The van der Waals surface area contributed by atoms with E-state index in [0.717, 1.165) is 52.0 Å². The third kappa shape index (κ3) is 4.54. The molecule has 2 heterocycles. The van der Waals surface area contributed by atoms with Crippen LogP contribution in [0.5, 0.6) is 0 Å². The number of nitrogens with one attached hydrogen (secondary N) is 1. The number of anilines is 2. The van der Waals surface area contributed by atoms with Crippen molar-refractivity contribution in [1.29, 1.82) is 0 Å². The number of rotatable bonds is 5. The molecule has 2 atom stereocenters. The van der Waals surface area contributed by atoms with E-state index in [9.17, 15) is 14.3 Å². The van der Waals surface area contributed by atoms with Gasteiger partial charge in [-0.2, -0.15) is 5.10 Å². The maximum Gasteiger partial charge on any atom is 0.261 e. The van der Waals surface area contributed by atoms with Crippen molar-refractivity contribution < 1.29 is 19.0 Å². The molecular formula is C24H31ClFN5O3. The van der Waals surface area contributed by atoms with E-state index in [-0.39, 0.29) is 16.8 Å². The van der Waals surface area contributed by atoms with Crippen LogP contribution in [0.2, 0.25) is 5.02 Å². The number of nitrogens with zero attached hydrogens (tertiary/aromatic N) is 3. The molecule has 1 amide bonds. The van der Waals surface area contributed by atoms with Gasteiger partial charge in [-0.05, 0) is 55.7 Å². The van der Waals surface area contributed by atoms with Crippen LogP contribution in [0.4, 0.5) is 15.9 Å². The van der Waals surface area contributed by atoms with Crippen molar-refractivity contribution in [3.63, 3.8) is 0 Å². The molecule has 3 aliphatic rings. The van der Waals surface area contributed by atoms with Gasteiger partial charge in [-0.1, -0.05) is 11.6 Å². The van der Waals surface area contributed by atoms with Crippen molar-refractivity contribution in [1.82, 2.24) is 14.7 Å². The van der Waals surface area contributed by atoms with E-state index >= 15 is 0 Å². The summed E-state index contributed by atoms with van der Waals surface area (Å²) in [6, 6.07) is 4.04. The minimum atomic E-state index is -0.664. The third-order valence-corrected chi connectivity index (χ3v) is 7.95. The van der Waals surface area contributed by atoms with Gasteiger partial charge in [0, 0.05) is 38.3 Å². The fourth-order valence-electron chi connectivity index (χ4n) is 6.14.